The van der Waals surface area contributed by atoms with Gasteiger partial charge in [-0.25, -0.2) is 0 Å². The molecule has 4 nitrogen and oxygen atoms in total. The summed E-state index contributed by atoms with van der Waals surface area (Å²) < 4.78 is 1.79. The van der Waals surface area contributed by atoms with Gasteiger partial charge in [-0.1, -0.05) is 0 Å². The van der Waals surface area contributed by atoms with Gasteiger partial charge in [-0.3, -0.25) is 4.68 Å². The highest BCUT2D eigenvalue weighted by Crippen LogP contribution is 2.03. The lowest BCUT2D eigenvalue weighted by Crippen LogP contribution is -2.18. The van der Waals surface area contributed by atoms with E-state index >= 15 is 0 Å². The molecule has 0 aliphatic rings. The minimum atomic E-state index is 0.264. The summed E-state index contributed by atoms with van der Waals surface area (Å²) in [7, 11) is 0. The molecule has 0 aliphatic carbocycles. The summed E-state index contributed by atoms with van der Waals surface area (Å²) in [5.74, 6) is 0. The molecule has 0 atom stereocenters. The van der Waals surface area contributed by atoms with E-state index in [2.05, 4.69) is 22.6 Å². The zero-order valence-corrected chi connectivity index (χ0v) is 7.06. The van der Waals surface area contributed by atoms with E-state index in [0.717, 1.165) is 12.2 Å². The molecule has 5 heteroatoms. The normalized spacial score (nSPS) is 9.55. The van der Waals surface area contributed by atoms with Crippen LogP contribution in [0.2, 0.25) is 0 Å². The monoisotopic (exact) mass is 170 g/mol. The van der Waals surface area contributed by atoms with Gasteiger partial charge in [-0.05, 0) is 19.1 Å². The molecular weight excluding hydrogens is 160 g/mol. The lowest BCUT2D eigenvalue weighted by molar-refractivity contribution is 0.660. The van der Waals surface area contributed by atoms with E-state index in [1.54, 1.807) is 10.9 Å². The van der Waals surface area contributed by atoms with Gasteiger partial charge in [-0.2, -0.15) is 5.10 Å². The summed E-state index contributed by atoms with van der Waals surface area (Å²) in [6, 6.07) is 0. The van der Waals surface area contributed by atoms with Crippen molar-refractivity contribution in [3.63, 3.8) is 0 Å². The van der Waals surface area contributed by atoms with Crippen LogP contribution in [-0.4, -0.2) is 14.9 Å². The fourth-order valence-corrected chi connectivity index (χ4v) is 0.861. The smallest absolute Gasteiger partial charge is 0.168 e. The van der Waals surface area contributed by atoms with Gasteiger partial charge in [0.15, 0.2) is 5.11 Å². The van der Waals surface area contributed by atoms with E-state index in [0.29, 0.717) is 0 Å². The average Bonchev–Trinajstić information content (AvgIpc) is 2.34. The molecule has 0 spiro atoms. The zero-order valence-electron chi connectivity index (χ0n) is 6.24. The molecule has 1 aromatic heterocycles. The van der Waals surface area contributed by atoms with Crippen LogP contribution in [0.15, 0.2) is 12.4 Å². The van der Waals surface area contributed by atoms with Gasteiger partial charge in [0.05, 0.1) is 11.9 Å². The SMILES string of the molecule is CCn1cc(NC(N)=S)cn1. The first-order valence-electron chi connectivity index (χ1n) is 3.31. The number of aryl methyl sites for hydroxylation is 1. The molecular formula is C6H10N4S. The third-order valence-electron chi connectivity index (χ3n) is 1.22. The quantitative estimate of drug-likeness (QED) is 0.637. The summed E-state index contributed by atoms with van der Waals surface area (Å²) in [5, 5.41) is 7.08. The van der Waals surface area contributed by atoms with Crippen molar-refractivity contribution in [1.82, 2.24) is 9.78 Å². The Bertz CT molecular complexity index is 255. The maximum atomic E-state index is 5.26. The first-order valence-corrected chi connectivity index (χ1v) is 3.72. The van der Waals surface area contributed by atoms with Gasteiger partial charge in [0.25, 0.3) is 0 Å². The van der Waals surface area contributed by atoms with Crippen LogP contribution in [0.1, 0.15) is 6.92 Å². The van der Waals surface area contributed by atoms with E-state index < -0.39 is 0 Å². The maximum Gasteiger partial charge on any atom is 0.168 e. The number of rotatable bonds is 2. The summed E-state index contributed by atoms with van der Waals surface area (Å²) in [6.45, 7) is 2.86. The fraction of sp³-hybridized carbons (Fsp3) is 0.333. The second kappa shape index (κ2) is 3.34. The highest BCUT2D eigenvalue weighted by atomic mass is 32.1. The van der Waals surface area contributed by atoms with Crippen molar-refractivity contribution in [2.75, 3.05) is 5.32 Å². The lowest BCUT2D eigenvalue weighted by atomic mass is 10.6. The van der Waals surface area contributed by atoms with Gasteiger partial charge < -0.3 is 11.1 Å². The van der Waals surface area contributed by atoms with Crippen LogP contribution in [0.4, 0.5) is 5.69 Å². The van der Waals surface area contributed by atoms with E-state index in [1.165, 1.54) is 0 Å². The van der Waals surface area contributed by atoms with Gasteiger partial charge in [0, 0.05) is 12.7 Å². The van der Waals surface area contributed by atoms with Gasteiger partial charge >= 0.3 is 0 Å². The number of aromatic nitrogens is 2. The van der Waals surface area contributed by atoms with Crippen LogP contribution in [-0.2, 0) is 6.54 Å². The van der Waals surface area contributed by atoms with Crippen molar-refractivity contribution >= 4 is 23.0 Å². The van der Waals surface area contributed by atoms with Crippen LogP contribution < -0.4 is 11.1 Å². The number of anilines is 1. The maximum absolute atomic E-state index is 5.26. The van der Waals surface area contributed by atoms with Crippen LogP contribution >= 0.6 is 12.2 Å². The van der Waals surface area contributed by atoms with Gasteiger partial charge in [-0.15, -0.1) is 0 Å². The molecule has 1 aromatic rings. The Morgan fingerprint density at radius 2 is 2.64 bits per heavy atom. The molecule has 1 rings (SSSR count). The van der Waals surface area contributed by atoms with Crippen LogP contribution in [0, 0.1) is 0 Å². The Labute approximate surface area is 70.4 Å². The Kier molecular flexibility index (Phi) is 2.43. The second-order valence-electron chi connectivity index (χ2n) is 2.07. The number of hydrogen-bond acceptors (Lipinski definition) is 2. The van der Waals surface area contributed by atoms with Crippen molar-refractivity contribution in [2.45, 2.75) is 13.5 Å². The third kappa shape index (κ3) is 2.19. The summed E-state index contributed by atoms with van der Waals surface area (Å²) in [6.07, 6.45) is 3.53. The van der Waals surface area contributed by atoms with Crippen molar-refractivity contribution in [1.29, 1.82) is 0 Å². The van der Waals surface area contributed by atoms with Crippen LogP contribution in [0.25, 0.3) is 0 Å². The van der Waals surface area contributed by atoms with Gasteiger partial charge in [0.1, 0.15) is 0 Å². The first-order chi connectivity index (χ1) is 5.22. The molecule has 0 saturated heterocycles. The molecule has 0 aromatic carbocycles. The highest BCUT2D eigenvalue weighted by molar-refractivity contribution is 7.80. The molecule has 0 fully saturated rings. The summed E-state index contributed by atoms with van der Waals surface area (Å²) in [4.78, 5) is 0. The summed E-state index contributed by atoms with van der Waals surface area (Å²) in [5.41, 5.74) is 6.09. The Balaban J connectivity index is 2.65. The number of nitrogens with one attached hydrogen (secondary N) is 1. The van der Waals surface area contributed by atoms with E-state index in [9.17, 15) is 0 Å². The van der Waals surface area contributed by atoms with Crippen molar-refractivity contribution < 1.29 is 0 Å². The van der Waals surface area contributed by atoms with E-state index in [1.807, 2.05) is 13.1 Å². The minimum Gasteiger partial charge on any atom is -0.376 e. The molecule has 1 heterocycles. The average molecular weight is 170 g/mol. The topological polar surface area (TPSA) is 55.9 Å². The Hall–Kier alpha value is -1.10. The first kappa shape index (κ1) is 8.00. The van der Waals surface area contributed by atoms with E-state index in [-0.39, 0.29) is 5.11 Å². The Morgan fingerprint density at radius 3 is 3.09 bits per heavy atom. The predicted molar refractivity (Wildman–Crippen MR) is 48.3 cm³/mol. The minimum absolute atomic E-state index is 0.264. The second-order valence-corrected chi connectivity index (χ2v) is 2.51. The summed E-state index contributed by atoms with van der Waals surface area (Å²) >= 11 is 4.65. The molecule has 0 saturated carbocycles. The van der Waals surface area contributed by atoms with Crippen molar-refractivity contribution in [3.05, 3.63) is 12.4 Å². The lowest BCUT2D eigenvalue weighted by Gasteiger charge is -1.96. The largest absolute Gasteiger partial charge is 0.376 e. The molecule has 0 unspecified atom stereocenters. The molecule has 0 aliphatic heterocycles. The number of hydrogen-bond donors (Lipinski definition) is 2. The molecule has 3 N–H and O–H groups in total. The van der Waals surface area contributed by atoms with Crippen molar-refractivity contribution in [2.24, 2.45) is 5.73 Å². The molecule has 11 heavy (non-hydrogen) atoms. The molecule has 60 valence electrons. The van der Waals surface area contributed by atoms with Crippen molar-refractivity contribution in [3.8, 4) is 0 Å². The van der Waals surface area contributed by atoms with Gasteiger partial charge in [0.2, 0.25) is 0 Å². The van der Waals surface area contributed by atoms with Crippen LogP contribution in [0.3, 0.4) is 0 Å². The standard InChI is InChI=1S/C6H10N4S/c1-2-10-4-5(3-8-10)9-6(7)11/h3-4H,2H2,1H3,(H3,7,9,11). The Morgan fingerprint density at radius 1 is 1.91 bits per heavy atom. The number of thiocarbonyl (C=S) groups is 1. The zero-order chi connectivity index (χ0) is 8.27. The number of nitrogens with two attached hydrogens (primary N) is 1. The molecule has 0 radical (unpaired) electrons. The number of nitrogens with zero attached hydrogens (tertiary/aromatic N) is 2. The van der Waals surface area contributed by atoms with Crippen LogP contribution in [0.5, 0.6) is 0 Å². The highest BCUT2D eigenvalue weighted by Gasteiger charge is 1.95. The predicted octanol–water partition coefficient (Wildman–Crippen LogP) is 0.558. The molecule has 0 amide bonds. The third-order valence-corrected chi connectivity index (χ3v) is 1.33. The fourth-order valence-electron chi connectivity index (χ4n) is 0.743. The van der Waals surface area contributed by atoms with E-state index in [4.69, 9.17) is 5.73 Å². The molecule has 0 bridgehead atoms.